The number of anilines is 2. The first-order chi connectivity index (χ1) is 17.9. The average molecular weight is 521 g/mol. The highest BCUT2D eigenvalue weighted by Gasteiger charge is 2.42. The third-order valence-electron chi connectivity index (χ3n) is 7.31. The number of amides is 1. The third-order valence-corrected chi connectivity index (χ3v) is 7.63. The highest BCUT2D eigenvalue weighted by molar-refractivity contribution is 6.33. The molecule has 0 saturated carbocycles. The molecule has 0 aliphatic carbocycles. The number of nitrogens with zero attached hydrogens (tertiary/aromatic N) is 3. The summed E-state index contributed by atoms with van der Waals surface area (Å²) in [6.07, 6.45) is 1.15. The molecule has 192 valence electrons. The first kappa shape index (κ1) is 24.9. The number of rotatable bonds is 7. The largest absolute Gasteiger partial charge is 0.497 e. The molecular weight excluding hydrogens is 492 g/mol. The van der Waals surface area contributed by atoms with E-state index in [1.165, 1.54) is 0 Å². The van der Waals surface area contributed by atoms with Crippen LogP contribution in [0.3, 0.4) is 0 Å². The fourth-order valence-corrected chi connectivity index (χ4v) is 5.66. The van der Waals surface area contributed by atoms with E-state index in [4.69, 9.17) is 16.3 Å². The van der Waals surface area contributed by atoms with Crippen molar-refractivity contribution in [2.24, 2.45) is 5.92 Å². The number of methoxy groups -OCH3 is 1. The molecule has 3 aromatic carbocycles. The molecule has 0 aromatic heterocycles. The van der Waals surface area contributed by atoms with Gasteiger partial charge < -0.3 is 19.9 Å². The van der Waals surface area contributed by atoms with Crippen LogP contribution < -0.4 is 19.9 Å². The van der Waals surface area contributed by atoms with Crippen molar-refractivity contribution in [1.82, 2.24) is 5.32 Å². The molecule has 2 aliphatic rings. The predicted octanol–water partition coefficient (Wildman–Crippen LogP) is 4.48. The van der Waals surface area contributed by atoms with Gasteiger partial charge in [0.2, 0.25) is 5.91 Å². The van der Waals surface area contributed by atoms with E-state index in [1.54, 1.807) is 19.2 Å². The van der Waals surface area contributed by atoms with Crippen molar-refractivity contribution in [2.45, 2.75) is 18.9 Å². The Bertz CT molecular complexity index is 1300. The van der Waals surface area contributed by atoms with Crippen LogP contribution in [0.4, 0.5) is 17.1 Å². The molecule has 37 heavy (non-hydrogen) atoms. The quantitative estimate of drug-likeness (QED) is 0.365. The minimum absolute atomic E-state index is 0.0401. The molecular formula is C28H29ClN4O4. The van der Waals surface area contributed by atoms with Crippen molar-refractivity contribution in [3.63, 3.8) is 0 Å². The average Bonchev–Trinajstić information content (AvgIpc) is 2.92. The van der Waals surface area contributed by atoms with Crippen LogP contribution in [0.25, 0.3) is 0 Å². The van der Waals surface area contributed by atoms with Crippen molar-refractivity contribution < 1.29 is 14.5 Å². The molecule has 0 radical (unpaired) electrons. The highest BCUT2D eigenvalue weighted by Crippen LogP contribution is 2.39. The molecule has 0 bridgehead atoms. The van der Waals surface area contributed by atoms with Crippen LogP contribution in [0, 0.1) is 16.0 Å². The Kier molecular flexibility index (Phi) is 7.19. The van der Waals surface area contributed by atoms with Gasteiger partial charge in [-0.2, -0.15) is 0 Å². The van der Waals surface area contributed by atoms with Crippen molar-refractivity contribution in [3.05, 3.63) is 93.0 Å². The fraction of sp³-hybridized carbons (Fsp3) is 0.321. The molecule has 5 rings (SSSR count). The number of fused-ring (bicyclic) bond motifs is 3. The Balaban J connectivity index is 1.37. The number of nitro benzene ring substituents is 1. The van der Waals surface area contributed by atoms with Gasteiger partial charge in [0.1, 0.15) is 5.75 Å². The predicted molar refractivity (Wildman–Crippen MR) is 145 cm³/mol. The molecule has 3 aromatic rings. The second kappa shape index (κ2) is 10.7. The van der Waals surface area contributed by atoms with E-state index in [9.17, 15) is 14.9 Å². The number of carbonyl (C=O) groups is 1. The first-order valence-electron chi connectivity index (χ1n) is 12.4. The van der Waals surface area contributed by atoms with Gasteiger partial charge >= 0.3 is 0 Å². The lowest BCUT2D eigenvalue weighted by atomic mass is 9.83. The van der Waals surface area contributed by atoms with Crippen LogP contribution in [0.2, 0.25) is 5.02 Å². The minimum Gasteiger partial charge on any atom is -0.497 e. The summed E-state index contributed by atoms with van der Waals surface area (Å²) in [6.45, 7) is 2.57. The van der Waals surface area contributed by atoms with Crippen molar-refractivity contribution in [2.75, 3.05) is 43.1 Å². The fourth-order valence-electron chi connectivity index (χ4n) is 5.40. The molecule has 9 heteroatoms. The Hall–Kier alpha value is -3.78. The van der Waals surface area contributed by atoms with E-state index in [0.717, 1.165) is 34.8 Å². The first-order valence-corrected chi connectivity index (χ1v) is 12.8. The number of nitrogens with one attached hydrogen (secondary N) is 1. The summed E-state index contributed by atoms with van der Waals surface area (Å²) in [6, 6.07) is 20.5. The summed E-state index contributed by atoms with van der Waals surface area (Å²) >= 11 is 6.50. The van der Waals surface area contributed by atoms with Gasteiger partial charge in [-0.3, -0.25) is 14.9 Å². The van der Waals surface area contributed by atoms with Crippen LogP contribution in [0.1, 0.15) is 11.1 Å². The number of piperazine rings is 1. The number of benzene rings is 3. The highest BCUT2D eigenvalue weighted by atomic mass is 35.5. The standard InChI is InChI=1S/C28H29ClN4O4/c1-37-22-9-6-19(7-10-22)12-13-30-28(34)23-17-20-16-21(33(35)36)8-11-25(20)32-15-14-31(18-27(23)32)26-5-3-2-4-24(26)29/h2-11,16,23,27H,12-15,17-18H2,1H3,(H,30,34)/t23-,27-/m0/s1. The van der Waals surface area contributed by atoms with E-state index in [0.29, 0.717) is 37.5 Å². The minimum atomic E-state index is -0.383. The summed E-state index contributed by atoms with van der Waals surface area (Å²) in [5.41, 5.74) is 3.92. The van der Waals surface area contributed by atoms with Crippen LogP contribution in [-0.4, -0.2) is 50.2 Å². The molecule has 8 nitrogen and oxygen atoms in total. The number of halogens is 1. The van der Waals surface area contributed by atoms with Gasteiger partial charge in [0, 0.05) is 44.0 Å². The Morgan fingerprint density at radius 2 is 1.89 bits per heavy atom. The number of hydrogen-bond donors (Lipinski definition) is 1. The van der Waals surface area contributed by atoms with Gasteiger partial charge in [-0.1, -0.05) is 35.9 Å². The molecule has 1 saturated heterocycles. The molecule has 1 amide bonds. The maximum atomic E-state index is 13.5. The maximum Gasteiger partial charge on any atom is 0.269 e. The van der Waals surface area contributed by atoms with Crippen LogP contribution in [-0.2, 0) is 17.6 Å². The molecule has 1 N–H and O–H groups in total. The summed E-state index contributed by atoms with van der Waals surface area (Å²) in [7, 11) is 1.63. The van der Waals surface area contributed by atoms with E-state index in [2.05, 4.69) is 15.1 Å². The van der Waals surface area contributed by atoms with E-state index in [1.807, 2.05) is 54.6 Å². The Morgan fingerprint density at radius 1 is 1.11 bits per heavy atom. The molecule has 0 unspecified atom stereocenters. The molecule has 2 aliphatic heterocycles. The number of ether oxygens (including phenoxy) is 1. The number of nitro groups is 1. The Morgan fingerprint density at radius 3 is 2.62 bits per heavy atom. The van der Waals surface area contributed by atoms with Gasteiger partial charge in [-0.25, -0.2) is 0 Å². The lowest BCUT2D eigenvalue weighted by Gasteiger charge is -2.49. The van der Waals surface area contributed by atoms with E-state index < -0.39 is 0 Å². The zero-order valence-corrected chi connectivity index (χ0v) is 21.4. The monoisotopic (exact) mass is 520 g/mol. The van der Waals surface area contributed by atoms with Crippen LogP contribution >= 0.6 is 11.6 Å². The van der Waals surface area contributed by atoms with Gasteiger partial charge in [0.15, 0.2) is 0 Å². The van der Waals surface area contributed by atoms with E-state index >= 15 is 0 Å². The van der Waals surface area contributed by atoms with Gasteiger partial charge in [0.05, 0.1) is 34.7 Å². The molecule has 2 heterocycles. The number of hydrogen-bond acceptors (Lipinski definition) is 6. The zero-order valence-electron chi connectivity index (χ0n) is 20.6. The Labute approximate surface area is 220 Å². The van der Waals surface area contributed by atoms with E-state index in [-0.39, 0.29) is 28.5 Å². The zero-order chi connectivity index (χ0) is 25.9. The second-order valence-corrected chi connectivity index (χ2v) is 9.84. The number of carbonyl (C=O) groups excluding carboxylic acids is 1. The smallest absolute Gasteiger partial charge is 0.269 e. The van der Waals surface area contributed by atoms with Gasteiger partial charge in [0.25, 0.3) is 5.69 Å². The SMILES string of the molecule is COc1ccc(CCNC(=O)[C@H]2Cc3cc([N+](=O)[O-])ccc3N3CCN(c4ccccc4Cl)C[C@@H]23)cc1. The maximum absolute atomic E-state index is 13.5. The molecule has 2 atom stereocenters. The molecule has 1 fully saturated rings. The number of para-hydroxylation sites is 1. The normalized spacial score (nSPS) is 18.5. The molecule has 0 spiro atoms. The lowest BCUT2D eigenvalue weighted by molar-refractivity contribution is -0.384. The van der Waals surface area contributed by atoms with Crippen LogP contribution in [0.15, 0.2) is 66.7 Å². The van der Waals surface area contributed by atoms with Crippen molar-refractivity contribution >= 4 is 34.6 Å². The third kappa shape index (κ3) is 5.20. The summed E-state index contributed by atoms with van der Waals surface area (Å²) < 4.78 is 5.21. The number of non-ortho nitro benzene ring substituents is 1. The van der Waals surface area contributed by atoms with Crippen molar-refractivity contribution in [1.29, 1.82) is 0 Å². The van der Waals surface area contributed by atoms with Gasteiger partial charge in [-0.15, -0.1) is 0 Å². The summed E-state index contributed by atoms with van der Waals surface area (Å²) in [5.74, 6) is 0.403. The van der Waals surface area contributed by atoms with Crippen molar-refractivity contribution in [3.8, 4) is 5.75 Å². The summed E-state index contributed by atoms with van der Waals surface area (Å²) in [5, 5.41) is 15.2. The topological polar surface area (TPSA) is 87.9 Å². The van der Waals surface area contributed by atoms with Gasteiger partial charge in [-0.05, 0) is 54.3 Å². The van der Waals surface area contributed by atoms with Crippen LogP contribution in [0.5, 0.6) is 5.75 Å². The summed E-state index contributed by atoms with van der Waals surface area (Å²) in [4.78, 5) is 29.1. The second-order valence-electron chi connectivity index (χ2n) is 9.43. The lowest BCUT2D eigenvalue weighted by Crippen LogP contribution is -2.61.